The third kappa shape index (κ3) is 4.06. The van der Waals surface area contributed by atoms with Crippen molar-refractivity contribution in [2.75, 3.05) is 0 Å². The van der Waals surface area contributed by atoms with Crippen molar-refractivity contribution in [3.63, 3.8) is 0 Å². The van der Waals surface area contributed by atoms with Crippen molar-refractivity contribution in [2.45, 2.75) is 71.0 Å². The summed E-state index contributed by atoms with van der Waals surface area (Å²) in [5.74, 6) is -4.21. The molecule has 166 valence electrons. The lowest BCUT2D eigenvalue weighted by Crippen LogP contribution is -2.54. The number of hydrogen-bond donors (Lipinski definition) is 2. The molecule has 8 heteroatoms. The predicted molar refractivity (Wildman–Crippen MR) is 107 cm³/mol. The molecule has 2 fully saturated rings. The summed E-state index contributed by atoms with van der Waals surface area (Å²) < 4.78 is 40.7. The Hall–Kier alpha value is -2.09. The predicted octanol–water partition coefficient (Wildman–Crippen LogP) is 2.89. The molecule has 0 saturated carbocycles. The highest BCUT2D eigenvalue weighted by atomic mass is 19.2. The fraction of sp³-hybridized carbons (Fsp3) is 0.636. The van der Waals surface area contributed by atoms with Crippen LogP contribution in [-0.2, 0) is 16.0 Å². The molecule has 0 spiro atoms. The zero-order chi connectivity index (χ0) is 22.4. The summed E-state index contributed by atoms with van der Waals surface area (Å²) in [6, 6.07) is 1.00. The molecule has 2 aliphatic rings. The van der Waals surface area contributed by atoms with Crippen molar-refractivity contribution in [3.05, 3.63) is 35.1 Å². The van der Waals surface area contributed by atoms with E-state index in [0.717, 1.165) is 18.9 Å². The van der Waals surface area contributed by atoms with Gasteiger partial charge in [0.25, 0.3) is 0 Å². The van der Waals surface area contributed by atoms with Gasteiger partial charge in [-0.25, -0.2) is 13.2 Å². The number of piperidine rings is 1. The third-order valence-corrected chi connectivity index (χ3v) is 7.26. The molecule has 2 aliphatic heterocycles. The number of primary amides is 1. The normalized spacial score (nSPS) is 25.8. The Morgan fingerprint density at radius 3 is 2.17 bits per heavy atom. The van der Waals surface area contributed by atoms with E-state index in [1.54, 1.807) is 20.8 Å². The van der Waals surface area contributed by atoms with E-state index in [1.807, 2.05) is 4.90 Å². The molecule has 1 aromatic rings. The van der Waals surface area contributed by atoms with Crippen LogP contribution in [0.5, 0.6) is 0 Å². The third-order valence-electron chi connectivity index (χ3n) is 7.26. The monoisotopic (exact) mass is 425 g/mol. The molecular formula is C22H30F3N3O2. The van der Waals surface area contributed by atoms with Crippen LogP contribution >= 0.6 is 0 Å². The smallest absolute Gasteiger partial charge is 0.226 e. The molecule has 4 N–H and O–H groups in total. The van der Waals surface area contributed by atoms with Gasteiger partial charge in [-0.1, -0.05) is 20.8 Å². The van der Waals surface area contributed by atoms with Gasteiger partial charge in [0.15, 0.2) is 11.6 Å². The molecule has 2 heterocycles. The molecule has 0 radical (unpaired) electrons. The van der Waals surface area contributed by atoms with Gasteiger partial charge in [0, 0.05) is 30.1 Å². The number of rotatable bonds is 6. The first-order valence-electron chi connectivity index (χ1n) is 10.4. The second kappa shape index (κ2) is 8.21. The van der Waals surface area contributed by atoms with Gasteiger partial charge < -0.3 is 16.4 Å². The number of benzene rings is 1. The van der Waals surface area contributed by atoms with Crippen LogP contribution in [0.3, 0.4) is 0 Å². The zero-order valence-electron chi connectivity index (χ0n) is 17.6. The summed E-state index contributed by atoms with van der Waals surface area (Å²) in [6.45, 7) is 5.09. The van der Waals surface area contributed by atoms with Gasteiger partial charge in [0.05, 0.1) is 5.41 Å². The van der Waals surface area contributed by atoms with Crippen molar-refractivity contribution < 1.29 is 22.8 Å². The van der Waals surface area contributed by atoms with Crippen LogP contribution in [0.15, 0.2) is 12.1 Å². The molecular weight excluding hydrogens is 395 g/mol. The molecule has 2 saturated heterocycles. The van der Waals surface area contributed by atoms with Crippen LogP contribution in [0.1, 0.15) is 52.0 Å². The van der Waals surface area contributed by atoms with Crippen molar-refractivity contribution in [2.24, 2.45) is 28.7 Å². The van der Waals surface area contributed by atoms with E-state index >= 15 is 0 Å². The van der Waals surface area contributed by atoms with Crippen LogP contribution in [0, 0.1) is 34.7 Å². The van der Waals surface area contributed by atoms with Crippen LogP contribution in [-0.4, -0.2) is 34.8 Å². The highest BCUT2D eigenvalue weighted by Crippen LogP contribution is 2.42. The number of nitrogens with two attached hydrogens (primary N) is 2. The topological polar surface area (TPSA) is 89.4 Å². The van der Waals surface area contributed by atoms with Gasteiger partial charge in [0.2, 0.25) is 11.8 Å². The number of halogens is 3. The van der Waals surface area contributed by atoms with Crippen molar-refractivity contribution in [1.82, 2.24) is 4.90 Å². The second-order valence-corrected chi connectivity index (χ2v) is 9.40. The van der Waals surface area contributed by atoms with Gasteiger partial charge in [0.1, 0.15) is 5.82 Å². The molecule has 1 aromatic carbocycles. The highest BCUT2D eigenvalue weighted by molar-refractivity contribution is 5.89. The minimum atomic E-state index is -1.22. The summed E-state index contributed by atoms with van der Waals surface area (Å²) in [5.41, 5.74) is 10.9. The minimum absolute atomic E-state index is 0.00762. The lowest BCUT2D eigenvalue weighted by atomic mass is 9.77. The number of carbonyl (C=O) groups is 2. The summed E-state index contributed by atoms with van der Waals surface area (Å²) in [6.07, 6.45) is 3.13. The molecule has 30 heavy (non-hydrogen) atoms. The lowest BCUT2D eigenvalue weighted by molar-refractivity contribution is -0.148. The SMILES string of the molecule is C[C@H](C(=O)N1[C@H]2CC[C@H]1CC([C@H](N)Cc1cc(F)c(F)cc1F)C2)C(C)(C)C(N)=O. The molecule has 0 unspecified atom stereocenters. The maximum absolute atomic E-state index is 14.0. The van der Waals surface area contributed by atoms with Crippen molar-refractivity contribution in [3.8, 4) is 0 Å². The fourth-order valence-corrected chi connectivity index (χ4v) is 4.82. The first kappa shape index (κ1) is 22.6. The number of nitrogens with zero attached hydrogens (tertiary/aromatic N) is 1. The van der Waals surface area contributed by atoms with Gasteiger partial charge >= 0.3 is 0 Å². The van der Waals surface area contributed by atoms with Gasteiger partial charge in [-0.05, 0) is 49.7 Å². The Morgan fingerprint density at radius 2 is 1.63 bits per heavy atom. The van der Waals surface area contributed by atoms with Gasteiger partial charge in [-0.2, -0.15) is 0 Å². The van der Waals surface area contributed by atoms with Crippen molar-refractivity contribution >= 4 is 11.8 Å². The lowest BCUT2D eigenvalue weighted by Gasteiger charge is -2.43. The molecule has 3 rings (SSSR count). The molecule has 4 atom stereocenters. The Morgan fingerprint density at radius 1 is 1.10 bits per heavy atom. The summed E-state index contributed by atoms with van der Waals surface area (Å²) in [7, 11) is 0. The van der Waals surface area contributed by atoms with Gasteiger partial charge in [-0.3, -0.25) is 9.59 Å². The van der Waals surface area contributed by atoms with Crippen molar-refractivity contribution in [1.29, 1.82) is 0 Å². The zero-order valence-corrected chi connectivity index (χ0v) is 17.6. The van der Waals surface area contributed by atoms with E-state index in [4.69, 9.17) is 11.5 Å². The standard InChI is InChI=1S/C22H30F3N3O2/c1-11(22(2,3)21(27)30)20(29)28-14-4-5-15(28)7-13(6-14)19(26)9-12-8-17(24)18(25)10-16(12)23/h8,10-11,13-15,19H,4-7,9,26H2,1-3H3,(H2,27,30)/t11-,14+,15+,19-/m1/s1. The summed E-state index contributed by atoms with van der Waals surface area (Å²) in [5, 5.41) is 0. The first-order valence-corrected chi connectivity index (χ1v) is 10.4. The van der Waals surface area contributed by atoms with Crippen LogP contribution < -0.4 is 11.5 Å². The van der Waals surface area contributed by atoms with E-state index in [2.05, 4.69) is 0 Å². The van der Waals surface area contributed by atoms with E-state index in [-0.39, 0.29) is 35.9 Å². The maximum atomic E-state index is 14.0. The number of amides is 2. The molecule has 2 bridgehead atoms. The molecule has 5 nitrogen and oxygen atoms in total. The quantitative estimate of drug-likeness (QED) is 0.687. The summed E-state index contributed by atoms with van der Waals surface area (Å²) in [4.78, 5) is 26.8. The molecule has 2 amide bonds. The molecule has 0 aromatic heterocycles. The van der Waals surface area contributed by atoms with Gasteiger partial charge in [-0.15, -0.1) is 0 Å². The summed E-state index contributed by atoms with van der Waals surface area (Å²) >= 11 is 0. The average molecular weight is 425 g/mol. The first-order chi connectivity index (χ1) is 13.9. The average Bonchev–Trinajstić information content (AvgIpc) is 2.93. The minimum Gasteiger partial charge on any atom is -0.369 e. The van der Waals surface area contributed by atoms with E-state index in [0.29, 0.717) is 18.9 Å². The van der Waals surface area contributed by atoms with E-state index in [1.165, 1.54) is 0 Å². The van der Waals surface area contributed by atoms with Crippen LogP contribution in [0.2, 0.25) is 0 Å². The number of hydrogen-bond acceptors (Lipinski definition) is 3. The number of fused-ring (bicyclic) bond motifs is 2. The fourth-order valence-electron chi connectivity index (χ4n) is 4.82. The Kier molecular flexibility index (Phi) is 6.18. The second-order valence-electron chi connectivity index (χ2n) is 9.40. The maximum Gasteiger partial charge on any atom is 0.226 e. The van der Waals surface area contributed by atoms with E-state index < -0.39 is 40.7 Å². The highest BCUT2D eigenvalue weighted by Gasteiger charge is 2.48. The Labute approximate surface area is 175 Å². The molecule has 0 aliphatic carbocycles. The largest absolute Gasteiger partial charge is 0.369 e. The Bertz CT molecular complexity index is 831. The Balaban J connectivity index is 1.69. The van der Waals surface area contributed by atoms with E-state index in [9.17, 15) is 22.8 Å². The number of carbonyl (C=O) groups excluding carboxylic acids is 2. The van der Waals surface area contributed by atoms with Crippen LogP contribution in [0.25, 0.3) is 0 Å². The van der Waals surface area contributed by atoms with Crippen LogP contribution in [0.4, 0.5) is 13.2 Å².